The number of hydrogen-bond donors (Lipinski definition) is 1. The molecule has 0 aromatic heterocycles. The van der Waals surface area contributed by atoms with Crippen molar-refractivity contribution in [3.8, 4) is 0 Å². The maximum atomic E-state index is 11.0. The molecule has 0 aliphatic carbocycles. The molecule has 1 N–H and O–H groups in total. The maximum absolute atomic E-state index is 11.0. The summed E-state index contributed by atoms with van der Waals surface area (Å²) in [7, 11) is 5.58. The molecule has 16 nitrogen and oxygen atoms in total. The zero-order valence-corrected chi connectivity index (χ0v) is 26.9. The van der Waals surface area contributed by atoms with Gasteiger partial charge >= 0.3 is 59.1 Å². The van der Waals surface area contributed by atoms with Gasteiger partial charge in [-0.1, -0.05) is 74.7 Å². The van der Waals surface area contributed by atoms with Crippen LogP contribution in [0.25, 0.3) is 41.8 Å². The molecule has 0 aliphatic rings. The zero-order chi connectivity index (χ0) is 24.2. The second-order valence-electron chi connectivity index (χ2n) is 5.26. The van der Waals surface area contributed by atoms with Gasteiger partial charge in [0.25, 0.3) is 0 Å². The van der Waals surface area contributed by atoms with E-state index in [9.17, 15) is 13.0 Å². The van der Waals surface area contributed by atoms with E-state index in [1.807, 2.05) is 0 Å². The normalized spacial score (nSPS) is 15.0. The van der Waals surface area contributed by atoms with Crippen LogP contribution in [0, 0.1) is 0 Å². The number of rotatable bonds is 19. The fourth-order valence-corrected chi connectivity index (χ4v) is 8.18. The second kappa shape index (κ2) is 26.9. The van der Waals surface area contributed by atoms with Crippen molar-refractivity contribution >= 4 is 65.3 Å². The smallest absolute Gasteiger partial charge is 0.772 e. The van der Waals surface area contributed by atoms with Gasteiger partial charge in [-0.2, -0.15) is 0 Å². The first-order valence-electron chi connectivity index (χ1n) is 8.18. The van der Waals surface area contributed by atoms with Gasteiger partial charge in [-0.25, -0.2) is 4.21 Å². The summed E-state index contributed by atoms with van der Waals surface area (Å²) in [6, 6.07) is -3.53. The molecule has 2 unspecified atom stereocenters. The monoisotopic (exact) mass is 607 g/mol. The van der Waals surface area contributed by atoms with E-state index in [0.29, 0.717) is 11.5 Å². The third-order valence-corrected chi connectivity index (χ3v) is 9.55. The average Bonchev–Trinajstić information content (AvgIpc) is 2.72. The van der Waals surface area contributed by atoms with Gasteiger partial charge < -0.3 is 9.11 Å². The summed E-state index contributed by atoms with van der Waals surface area (Å²) in [6.45, 7) is 0. The second-order valence-corrected chi connectivity index (χ2v) is 12.4. The summed E-state index contributed by atoms with van der Waals surface area (Å²) >= 11 is -4.66. The maximum Gasteiger partial charge on any atom is 1.00 e. The van der Waals surface area contributed by atoms with Crippen LogP contribution >= 0.6 is 43.2 Å². The third-order valence-electron chi connectivity index (χ3n) is 3.20. The molecule has 0 amide bonds. The van der Waals surface area contributed by atoms with Crippen LogP contribution in [0.4, 0.5) is 0 Å². The first kappa shape index (κ1) is 39.4. The number of hydrogen-bond acceptors (Lipinski definition) is 11. The van der Waals surface area contributed by atoms with Crippen molar-refractivity contribution in [3.63, 3.8) is 0 Å². The molecule has 178 valence electrons. The quantitative estimate of drug-likeness (QED) is 0.0345. The molecule has 0 aliphatic heterocycles. The van der Waals surface area contributed by atoms with Gasteiger partial charge in [-0.05, 0) is 22.1 Å². The van der Waals surface area contributed by atoms with Crippen LogP contribution in [-0.4, -0.2) is 76.2 Å². The molecular formula is C10H17N12Na2O4S6+. The van der Waals surface area contributed by atoms with Crippen molar-refractivity contribution in [2.45, 2.75) is 24.2 Å². The van der Waals surface area contributed by atoms with Crippen molar-refractivity contribution in [3.05, 3.63) is 41.8 Å². The van der Waals surface area contributed by atoms with E-state index in [1.165, 1.54) is 43.2 Å². The van der Waals surface area contributed by atoms with Gasteiger partial charge in [0.2, 0.25) is 0 Å². The summed E-state index contributed by atoms with van der Waals surface area (Å²) < 4.78 is 41.7. The zero-order valence-electron chi connectivity index (χ0n) is 18.0. The number of azide groups is 4. The van der Waals surface area contributed by atoms with Gasteiger partial charge in [-0.15, -0.1) is 0 Å². The van der Waals surface area contributed by atoms with Crippen LogP contribution in [0.15, 0.2) is 20.5 Å². The summed E-state index contributed by atoms with van der Waals surface area (Å²) in [6.07, 6.45) is 0. The van der Waals surface area contributed by atoms with Crippen molar-refractivity contribution in [2.24, 2.45) is 20.5 Å². The Hall–Kier alpha value is 0.860. The minimum absolute atomic E-state index is 0. The van der Waals surface area contributed by atoms with Crippen molar-refractivity contribution in [2.75, 3.05) is 34.5 Å². The Morgan fingerprint density at radius 2 is 1.06 bits per heavy atom. The van der Waals surface area contributed by atoms with E-state index in [-0.39, 0.29) is 76.4 Å². The molecule has 0 rings (SSSR count). The Morgan fingerprint density at radius 3 is 1.38 bits per heavy atom. The Bertz CT molecular complexity index is 755. The van der Waals surface area contributed by atoms with Crippen LogP contribution in [-0.2, 0) is 22.2 Å². The fourth-order valence-electron chi connectivity index (χ4n) is 1.86. The molecule has 0 spiro atoms. The van der Waals surface area contributed by atoms with Gasteiger partial charge in [0.05, 0.1) is 29.9 Å². The van der Waals surface area contributed by atoms with Crippen molar-refractivity contribution in [1.82, 2.24) is 0 Å². The molecule has 0 aromatic rings. The van der Waals surface area contributed by atoms with Crippen LogP contribution in [0.2, 0.25) is 0 Å². The Morgan fingerprint density at radius 1 is 0.706 bits per heavy atom. The van der Waals surface area contributed by atoms with Crippen LogP contribution < -0.4 is 59.1 Å². The Kier molecular flexibility index (Phi) is 31.2. The van der Waals surface area contributed by atoms with E-state index < -0.39 is 52.1 Å². The fraction of sp³-hybridized carbons (Fsp3) is 1.00. The number of nitrogens with zero attached hydrogens (tertiary/aromatic N) is 12. The van der Waals surface area contributed by atoms with Crippen LogP contribution in [0.1, 0.15) is 0 Å². The van der Waals surface area contributed by atoms with Crippen molar-refractivity contribution in [1.29, 1.82) is 0 Å². The third kappa shape index (κ3) is 21.0. The van der Waals surface area contributed by atoms with E-state index in [4.69, 9.17) is 26.7 Å². The minimum atomic E-state index is -2.46. The SMILES string of the molecule is [N-]=[N+]=N[C@@H](CSSCCSSC[C@H](N=[N+]=[N-])[C@H](CS(=O)O)N=[N+]=[N-])[C@H](CS(=O)[O-])N=[N+]=[N-].[Na+].[Na+]. The van der Waals surface area contributed by atoms with Crippen molar-refractivity contribution < 1.29 is 76.6 Å². The van der Waals surface area contributed by atoms with Gasteiger partial charge in [0.1, 0.15) is 0 Å². The Balaban J connectivity index is -0.00000480. The van der Waals surface area contributed by atoms with E-state index >= 15 is 0 Å². The summed E-state index contributed by atoms with van der Waals surface area (Å²) in [5.74, 6) is 1.07. The molecule has 0 bridgehead atoms. The first-order valence-corrected chi connectivity index (χ1v) is 15.7. The van der Waals surface area contributed by atoms with Gasteiger partial charge in [0, 0.05) is 48.4 Å². The standard InChI is InChI=1S/C10H18N12O4S6.2Na/c11-19-15-7(9(17-21-13)5-31(23)24)3-29-27-1-2-28-30-4-8(16-20-12)10(18-22-14)6-32(25)26;;/h7-10H,1-6H2,(H,23,24)(H,25,26);;/q;2*+1/p-1/t7-,8-,9-,10-;;/m0../s1. The van der Waals surface area contributed by atoms with Gasteiger partial charge in [0.15, 0.2) is 11.1 Å². The first-order chi connectivity index (χ1) is 15.4. The predicted molar refractivity (Wildman–Crippen MR) is 131 cm³/mol. The molecule has 0 radical (unpaired) electrons. The molecular weight excluding hydrogens is 591 g/mol. The molecule has 34 heavy (non-hydrogen) atoms. The minimum Gasteiger partial charge on any atom is -0.772 e. The Labute approximate surface area is 259 Å². The summed E-state index contributed by atoms with van der Waals surface area (Å²) in [4.78, 5) is 10.6. The molecule has 0 aromatic carbocycles. The van der Waals surface area contributed by atoms with E-state index in [1.54, 1.807) is 0 Å². The molecule has 0 saturated heterocycles. The van der Waals surface area contributed by atoms with Crippen LogP contribution in [0.3, 0.4) is 0 Å². The van der Waals surface area contributed by atoms with E-state index in [2.05, 4.69) is 40.1 Å². The molecule has 0 saturated carbocycles. The summed E-state index contributed by atoms with van der Waals surface area (Å²) in [5.41, 5.74) is 34.5. The molecule has 6 atom stereocenters. The molecule has 0 fully saturated rings. The molecule has 24 heteroatoms. The topological polar surface area (TPSA) is 272 Å². The van der Waals surface area contributed by atoms with E-state index in [0.717, 1.165) is 0 Å². The van der Waals surface area contributed by atoms with Crippen LogP contribution in [0.5, 0.6) is 0 Å². The summed E-state index contributed by atoms with van der Waals surface area (Å²) in [5, 5.41) is 13.9. The molecule has 0 heterocycles. The largest absolute Gasteiger partial charge is 1.00 e. The predicted octanol–water partition coefficient (Wildman–Crippen LogP) is -1.43. The van der Waals surface area contributed by atoms with Gasteiger partial charge in [-0.3, -0.25) is 4.21 Å². The average molecular weight is 608 g/mol.